The molecule has 3 unspecified atom stereocenters. The van der Waals surface area contributed by atoms with Gasteiger partial charge in [-0.1, -0.05) is 28.1 Å². The first kappa shape index (κ1) is 13.1. The maximum atomic E-state index is 12.4. The van der Waals surface area contributed by atoms with Gasteiger partial charge in [0.05, 0.1) is 0 Å². The molecule has 1 saturated carbocycles. The fourth-order valence-corrected chi connectivity index (χ4v) is 3.23. The van der Waals surface area contributed by atoms with Crippen molar-refractivity contribution in [3.05, 3.63) is 34.3 Å². The molecule has 1 aromatic rings. The molecule has 1 aromatic carbocycles. The van der Waals surface area contributed by atoms with Crippen LogP contribution in [-0.2, 0) is 4.79 Å². The summed E-state index contributed by atoms with van der Waals surface area (Å²) in [4.78, 5) is 14.3. The van der Waals surface area contributed by atoms with Gasteiger partial charge in [0.1, 0.15) is 0 Å². The molecular formula is C15H18BrNO2. The third-order valence-electron chi connectivity index (χ3n) is 4.26. The van der Waals surface area contributed by atoms with Gasteiger partial charge >= 0.3 is 0 Å². The molecule has 1 saturated heterocycles. The van der Waals surface area contributed by atoms with E-state index in [1.54, 1.807) is 0 Å². The Morgan fingerprint density at radius 3 is 2.74 bits per heavy atom. The smallest absolute Gasteiger partial charge is 0.226 e. The van der Waals surface area contributed by atoms with Crippen molar-refractivity contribution in [2.24, 2.45) is 11.8 Å². The zero-order chi connectivity index (χ0) is 13.4. The second kappa shape index (κ2) is 5.25. The molecule has 0 spiro atoms. The lowest BCUT2D eigenvalue weighted by atomic mass is 10.1. The van der Waals surface area contributed by atoms with E-state index in [1.165, 1.54) is 5.56 Å². The predicted molar refractivity (Wildman–Crippen MR) is 76.8 cm³/mol. The predicted octanol–water partition coefficient (Wildman–Crippen LogP) is 2.39. The summed E-state index contributed by atoms with van der Waals surface area (Å²) in [5, 5.41) is 9.13. The third-order valence-corrected chi connectivity index (χ3v) is 4.79. The van der Waals surface area contributed by atoms with Crippen LogP contribution in [0.15, 0.2) is 28.7 Å². The minimum atomic E-state index is 0.165. The van der Waals surface area contributed by atoms with E-state index in [2.05, 4.69) is 28.1 Å². The molecule has 0 bridgehead atoms. The summed E-state index contributed by atoms with van der Waals surface area (Å²) in [5.74, 6) is 1.13. The fraction of sp³-hybridized carbons (Fsp3) is 0.533. The Labute approximate surface area is 121 Å². The number of hydrogen-bond acceptors (Lipinski definition) is 2. The number of hydrogen-bond donors (Lipinski definition) is 1. The van der Waals surface area contributed by atoms with Crippen LogP contribution >= 0.6 is 15.9 Å². The first-order valence-electron chi connectivity index (χ1n) is 6.84. The van der Waals surface area contributed by atoms with E-state index in [0.717, 1.165) is 30.4 Å². The van der Waals surface area contributed by atoms with Gasteiger partial charge in [0.15, 0.2) is 0 Å². The van der Waals surface area contributed by atoms with Crippen molar-refractivity contribution in [3.63, 3.8) is 0 Å². The van der Waals surface area contributed by atoms with Crippen molar-refractivity contribution in [2.45, 2.75) is 18.8 Å². The second-order valence-corrected chi connectivity index (χ2v) is 6.54. The highest BCUT2D eigenvalue weighted by Gasteiger charge is 2.46. The van der Waals surface area contributed by atoms with Crippen LogP contribution in [0.25, 0.3) is 0 Å². The monoisotopic (exact) mass is 323 g/mol. The number of aliphatic hydroxyl groups excluding tert-OH is 1. The zero-order valence-electron chi connectivity index (χ0n) is 10.8. The molecule has 0 radical (unpaired) electrons. The summed E-state index contributed by atoms with van der Waals surface area (Å²) in [6, 6.07) is 8.27. The first-order valence-corrected chi connectivity index (χ1v) is 7.63. The highest BCUT2D eigenvalue weighted by atomic mass is 79.9. The number of benzene rings is 1. The minimum absolute atomic E-state index is 0.165. The van der Waals surface area contributed by atoms with Crippen LogP contribution < -0.4 is 0 Å². The second-order valence-electron chi connectivity index (χ2n) is 5.62. The number of carbonyl (C=O) groups excluding carboxylic acids is 1. The molecule has 4 heteroatoms. The van der Waals surface area contributed by atoms with Crippen LogP contribution in [0.4, 0.5) is 0 Å². The highest BCUT2D eigenvalue weighted by Crippen LogP contribution is 2.49. The van der Waals surface area contributed by atoms with Gasteiger partial charge in [-0.15, -0.1) is 0 Å². The molecule has 1 N–H and O–H groups in total. The molecular weight excluding hydrogens is 306 g/mol. The Morgan fingerprint density at radius 2 is 2.11 bits per heavy atom. The quantitative estimate of drug-likeness (QED) is 0.927. The number of aliphatic hydroxyl groups is 1. The lowest BCUT2D eigenvalue weighted by Gasteiger charge is -2.16. The van der Waals surface area contributed by atoms with E-state index in [0.29, 0.717) is 5.92 Å². The summed E-state index contributed by atoms with van der Waals surface area (Å²) >= 11 is 3.43. The van der Waals surface area contributed by atoms with Crippen molar-refractivity contribution < 1.29 is 9.90 Å². The van der Waals surface area contributed by atoms with E-state index in [4.69, 9.17) is 5.11 Å². The van der Waals surface area contributed by atoms with Crippen molar-refractivity contribution in [1.82, 2.24) is 4.90 Å². The SMILES string of the molecule is O=C(C1CC1c1ccc(Br)cc1)N1CCC(CO)C1. The molecule has 1 amide bonds. The molecule has 2 aliphatic rings. The largest absolute Gasteiger partial charge is 0.396 e. The maximum absolute atomic E-state index is 12.4. The van der Waals surface area contributed by atoms with E-state index >= 15 is 0 Å². The first-order chi connectivity index (χ1) is 9.19. The Balaban J connectivity index is 1.60. The Morgan fingerprint density at radius 1 is 1.37 bits per heavy atom. The maximum Gasteiger partial charge on any atom is 0.226 e. The van der Waals surface area contributed by atoms with Crippen LogP contribution in [0.3, 0.4) is 0 Å². The summed E-state index contributed by atoms with van der Waals surface area (Å²) in [7, 11) is 0. The van der Waals surface area contributed by atoms with E-state index in [-0.39, 0.29) is 24.3 Å². The van der Waals surface area contributed by atoms with E-state index < -0.39 is 0 Å². The summed E-state index contributed by atoms with van der Waals surface area (Å²) in [5.41, 5.74) is 1.26. The molecule has 1 aliphatic carbocycles. The topological polar surface area (TPSA) is 40.5 Å². The van der Waals surface area contributed by atoms with Crippen LogP contribution in [0, 0.1) is 11.8 Å². The normalized spacial score (nSPS) is 29.6. The van der Waals surface area contributed by atoms with E-state index in [1.807, 2.05) is 17.0 Å². The van der Waals surface area contributed by atoms with Crippen LogP contribution in [0.2, 0.25) is 0 Å². The number of rotatable bonds is 3. The Bertz CT molecular complexity index is 474. The van der Waals surface area contributed by atoms with Crippen molar-refractivity contribution >= 4 is 21.8 Å². The minimum Gasteiger partial charge on any atom is -0.396 e. The van der Waals surface area contributed by atoms with Crippen LogP contribution in [0.1, 0.15) is 24.3 Å². The number of amides is 1. The Kier molecular flexibility index (Phi) is 3.63. The van der Waals surface area contributed by atoms with E-state index in [9.17, 15) is 4.79 Å². The van der Waals surface area contributed by atoms with Gasteiger partial charge in [-0.05, 0) is 36.5 Å². The van der Waals surface area contributed by atoms with Crippen LogP contribution in [0.5, 0.6) is 0 Å². The Hall–Kier alpha value is -0.870. The van der Waals surface area contributed by atoms with Gasteiger partial charge in [-0.2, -0.15) is 0 Å². The van der Waals surface area contributed by atoms with Gasteiger partial charge in [0, 0.05) is 36.0 Å². The number of carbonyl (C=O) groups is 1. The molecule has 3 atom stereocenters. The van der Waals surface area contributed by atoms with Gasteiger partial charge in [0.2, 0.25) is 5.91 Å². The van der Waals surface area contributed by atoms with Gasteiger partial charge in [-0.25, -0.2) is 0 Å². The van der Waals surface area contributed by atoms with Crippen molar-refractivity contribution in [2.75, 3.05) is 19.7 Å². The zero-order valence-corrected chi connectivity index (χ0v) is 12.3. The van der Waals surface area contributed by atoms with Crippen LogP contribution in [-0.4, -0.2) is 35.6 Å². The van der Waals surface area contributed by atoms with Crippen molar-refractivity contribution in [3.8, 4) is 0 Å². The lowest BCUT2D eigenvalue weighted by molar-refractivity contribution is -0.131. The number of nitrogens with zero attached hydrogens (tertiary/aromatic N) is 1. The fourth-order valence-electron chi connectivity index (χ4n) is 2.96. The van der Waals surface area contributed by atoms with Crippen molar-refractivity contribution in [1.29, 1.82) is 0 Å². The molecule has 1 aliphatic heterocycles. The molecule has 3 rings (SSSR count). The molecule has 102 valence electrons. The van der Waals surface area contributed by atoms with Gasteiger partial charge in [0.25, 0.3) is 0 Å². The van der Waals surface area contributed by atoms with Gasteiger partial charge in [-0.3, -0.25) is 4.79 Å². The molecule has 3 nitrogen and oxygen atoms in total. The lowest BCUT2D eigenvalue weighted by Crippen LogP contribution is -2.30. The summed E-state index contributed by atoms with van der Waals surface area (Å²) in [6.45, 7) is 1.75. The summed E-state index contributed by atoms with van der Waals surface area (Å²) in [6.07, 6.45) is 1.92. The average Bonchev–Trinajstić information content (AvgIpc) is 3.07. The van der Waals surface area contributed by atoms with Gasteiger partial charge < -0.3 is 10.0 Å². The molecule has 2 fully saturated rings. The number of halogens is 1. The standard InChI is InChI=1S/C15H18BrNO2/c16-12-3-1-11(2-4-12)13-7-14(13)15(19)17-6-5-10(8-17)9-18/h1-4,10,13-14,18H,5-9H2. The third kappa shape index (κ3) is 2.70. The highest BCUT2D eigenvalue weighted by molar-refractivity contribution is 9.10. The molecule has 19 heavy (non-hydrogen) atoms. The summed E-state index contributed by atoms with van der Waals surface area (Å²) < 4.78 is 1.07. The number of likely N-dealkylation sites (tertiary alicyclic amines) is 1. The molecule has 0 aromatic heterocycles. The average molecular weight is 324 g/mol. The molecule has 1 heterocycles.